The van der Waals surface area contributed by atoms with Crippen LogP contribution in [0.3, 0.4) is 0 Å². The van der Waals surface area contributed by atoms with Crippen molar-refractivity contribution in [2.75, 3.05) is 42.8 Å². The molecule has 0 aliphatic carbocycles. The number of ether oxygens (including phenoxy) is 1. The van der Waals surface area contributed by atoms with E-state index in [2.05, 4.69) is 38.5 Å². The molecular formula is C25H28N6O3S. The Morgan fingerprint density at radius 2 is 2.06 bits per heavy atom. The predicted octanol–water partition coefficient (Wildman–Crippen LogP) is 2.42. The summed E-state index contributed by atoms with van der Waals surface area (Å²) < 4.78 is 7.11. The number of carbonyl (C=O) groups is 2. The third-order valence-electron chi connectivity index (χ3n) is 6.41. The Balaban J connectivity index is 1.26. The molecule has 1 aromatic heterocycles. The molecule has 0 radical (unpaired) electrons. The van der Waals surface area contributed by atoms with Crippen molar-refractivity contribution in [3.05, 3.63) is 66.2 Å². The predicted molar refractivity (Wildman–Crippen MR) is 135 cm³/mol. The molecule has 0 bridgehead atoms. The molecule has 2 aliphatic heterocycles. The van der Waals surface area contributed by atoms with Gasteiger partial charge in [-0.05, 0) is 30.2 Å². The fourth-order valence-corrected chi connectivity index (χ4v) is 5.49. The number of aromatic nitrogens is 3. The first-order valence-electron chi connectivity index (χ1n) is 11.6. The number of anilines is 2. The van der Waals surface area contributed by atoms with Crippen LogP contribution in [0.4, 0.5) is 11.4 Å². The second-order valence-electron chi connectivity index (χ2n) is 8.73. The maximum Gasteiger partial charge on any atom is 0.291 e. The summed E-state index contributed by atoms with van der Waals surface area (Å²) in [6, 6.07) is 15.3. The maximum absolute atomic E-state index is 13.3. The molecule has 1 fully saturated rings. The van der Waals surface area contributed by atoms with Gasteiger partial charge in [0.05, 0.1) is 18.3 Å². The van der Waals surface area contributed by atoms with Gasteiger partial charge in [-0.15, -0.1) is 16.9 Å². The Kier molecular flexibility index (Phi) is 6.74. The highest BCUT2D eigenvalue weighted by atomic mass is 32.2. The van der Waals surface area contributed by atoms with Crippen molar-refractivity contribution in [1.82, 2.24) is 20.1 Å². The highest BCUT2D eigenvalue weighted by Gasteiger charge is 2.32. The Bertz CT molecular complexity index is 1220. The summed E-state index contributed by atoms with van der Waals surface area (Å²) in [5, 5.41) is 7.13. The lowest BCUT2D eigenvalue weighted by atomic mass is 10.2. The van der Waals surface area contributed by atoms with Crippen LogP contribution in [0.5, 0.6) is 0 Å². The zero-order valence-electron chi connectivity index (χ0n) is 19.8. The van der Waals surface area contributed by atoms with Gasteiger partial charge in [0.2, 0.25) is 11.7 Å². The SMILES string of the molecule is CO[C@H]1CCN(c2ccc3c(c2)N(C)C(=O)[C@@H](NC(=O)c2ncn(Cc4ccccc4)n2)CS3)C1. The number of hydrogen-bond acceptors (Lipinski definition) is 7. The summed E-state index contributed by atoms with van der Waals surface area (Å²) in [5.74, 6) is -0.145. The lowest BCUT2D eigenvalue weighted by molar-refractivity contribution is -0.119. The zero-order chi connectivity index (χ0) is 24.4. The first-order valence-corrected chi connectivity index (χ1v) is 12.6. The number of nitrogens with zero attached hydrogens (tertiary/aromatic N) is 5. The normalized spacial score (nSPS) is 20.0. The summed E-state index contributed by atoms with van der Waals surface area (Å²) in [6.45, 7) is 2.27. The number of rotatable bonds is 6. The van der Waals surface area contributed by atoms with Crippen LogP contribution in [0.25, 0.3) is 0 Å². The number of amides is 2. The molecule has 2 aromatic carbocycles. The Morgan fingerprint density at radius 1 is 1.23 bits per heavy atom. The molecule has 3 heterocycles. The summed E-state index contributed by atoms with van der Waals surface area (Å²) in [4.78, 5) is 35.2. The standard InChI is InChI=1S/C25H28N6O3S/c1-29-21-12-18(30-11-10-19(14-30)34-2)8-9-22(21)35-15-20(25(29)33)27-24(32)23-26-16-31(28-23)13-17-6-4-3-5-7-17/h3-9,12,16,19-20H,10-11,13-15H2,1-2H3,(H,27,32)/t19-,20-/m0/s1. The number of benzene rings is 2. The molecule has 1 N–H and O–H groups in total. The van der Waals surface area contributed by atoms with E-state index in [0.29, 0.717) is 12.3 Å². The van der Waals surface area contributed by atoms with Crippen molar-refractivity contribution in [2.24, 2.45) is 0 Å². The van der Waals surface area contributed by atoms with Crippen molar-refractivity contribution in [1.29, 1.82) is 0 Å². The molecule has 3 aromatic rings. The fourth-order valence-electron chi connectivity index (χ4n) is 4.41. The minimum absolute atomic E-state index is 0.0483. The van der Waals surface area contributed by atoms with E-state index in [-0.39, 0.29) is 17.8 Å². The number of hydrogen-bond donors (Lipinski definition) is 1. The molecule has 2 aliphatic rings. The van der Waals surface area contributed by atoms with Crippen LogP contribution < -0.4 is 15.1 Å². The molecule has 10 heteroatoms. The van der Waals surface area contributed by atoms with Gasteiger partial charge < -0.3 is 19.9 Å². The van der Waals surface area contributed by atoms with Gasteiger partial charge in [0, 0.05) is 43.6 Å². The van der Waals surface area contributed by atoms with E-state index in [1.165, 1.54) is 6.33 Å². The van der Waals surface area contributed by atoms with Gasteiger partial charge in [0.15, 0.2) is 0 Å². The topological polar surface area (TPSA) is 92.6 Å². The van der Waals surface area contributed by atoms with Crippen LogP contribution >= 0.6 is 11.8 Å². The zero-order valence-corrected chi connectivity index (χ0v) is 20.6. The summed E-state index contributed by atoms with van der Waals surface area (Å²) in [5.41, 5.74) is 2.98. The smallest absolute Gasteiger partial charge is 0.291 e. The van der Waals surface area contributed by atoms with Gasteiger partial charge in [0.25, 0.3) is 5.91 Å². The van der Waals surface area contributed by atoms with Crippen molar-refractivity contribution >= 4 is 35.0 Å². The highest BCUT2D eigenvalue weighted by Crippen LogP contribution is 2.37. The molecule has 1 saturated heterocycles. The largest absolute Gasteiger partial charge is 0.380 e. The molecule has 5 rings (SSSR count). The molecule has 9 nitrogen and oxygen atoms in total. The summed E-state index contributed by atoms with van der Waals surface area (Å²) in [6.07, 6.45) is 2.74. The Hall–Kier alpha value is -3.37. The number of thioether (sulfide) groups is 1. The van der Waals surface area contributed by atoms with E-state index < -0.39 is 11.9 Å². The quantitative estimate of drug-likeness (QED) is 0.565. The van der Waals surface area contributed by atoms with Gasteiger partial charge in [-0.3, -0.25) is 9.59 Å². The van der Waals surface area contributed by atoms with Gasteiger partial charge in [-0.25, -0.2) is 9.67 Å². The first-order chi connectivity index (χ1) is 17.0. The van der Waals surface area contributed by atoms with E-state index in [1.807, 2.05) is 30.3 Å². The molecule has 2 atom stereocenters. The minimum atomic E-state index is -0.681. The average Bonchev–Trinajstić information content (AvgIpc) is 3.54. The number of fused-ring (bicyclic) bond motifs is 1. The third kappa shape index (κ3) is 5.03. The monoisotopic (exact) mass is 492 g/mol. The molecule has 182 valence electrons. The molecule has 35 heavy (non-hydrogen) atoms. The first kappa shape index (κ1) is 23.4. The molecule has 0 saturated carbocycles. The van der Waals surface area contributed by atoms with Crippen LogP contribution in [0.15, 0.2) is 59.8 Å². The highest BCUT2D eigenvalue weighted by molar-refractivity contribution is 7.99. The van der Waals surface area contributed by atoms with Crippen molar-refractivity contribution in [2.45, 2.75) is 30.0 Å². The van der Waals surface area contributed by atoms with E-state index in [0.717, 1.165) is 41.3 Å². The molecule has 0 spiro atoms. The summed E-state index contributed by atoms with van der Waals surface area (Å²) in [7, 11) is 3.50. The molecular weight excluding hydrogens is 464 g/mol. The second kappa shape index (κ2) is 10.1. The van der Waals surface area contributed by atoms with Crippen molar-refractivity contribution in [3.63, 3.8) is 0 Å². The van der Waals surface area contributed by atoms with Crippen LogP contribution in [-0.4, -0.2) is 71.7 Å². The van der Waals surface area contributed by atoms with Crippen LogP contribution in [0.1, 0.15) is 22.6 Å². The van der Waals surface area contributed by atoms with Gasteiger partial charge >= 0.3 is 0 Å². The lowest BCUT2D eigenvalue weighted by Crippen LogP contribution is -2.48. The van der Waals surface area contributed by atoms with Gasteiger partial charge in [-0.1, -0.05) is 30.3 Å². The van der Waals surface area contributed by atoms with E-state index in [1.54, 1.807) is 35.5 Å². The number of likely N-dealkylation sites (N-methyl/N-ethyl adjacent to an activating group) is 1. The van der Waals surface area contributed by atoms with Crippen LogP contribution in [0.2, 0.25) is 0 Å². The van der Waals surface area contributed by atoms with Crippen LogP contribution in [0, 0.1) is 0 Å². The van der Waals surface area contributed by atoms with E-state index in [9.17, 15) is 9.59 Å². The van der Waals surface area contributed by atoms with Crippen molar-refractivity contribution in [3.8, 4) is 0 Å². The van der Waals surface area contributed by atoms with Crippen LogP contribution in [-0.2, 0) is 16.1 Å². The van der Waals surface area contributed by atoms with Crippen molar-refractivity contribution < 1.29 is 14.3 Å². The minimum Gasteiger partial charge on any atom is -0.380 e. The molecule has 2 amide bonds. The lowest BCUT2D eigenvalue weighted by Gasteiger charge is -2.24. The van der Waals surface area contributed by atoms with Gasteiger partial charge in [-0.2, -0.15) is 0 Å². The van der Waals surface area contributed by atoms with E-state index in [4.69, 9.17) is 4.74 Å². The Labute approximate surface area is 208 Å². The number of methoxy groups -OCH3 is 1. The molecule has 0 unspecified atom stereocenters. The Morgan fingerprint density at radius 3 is 2.83 bits per heavy atom. The number of carbonyl (C=O) groups excluding carboxylic acids is 2. The summed E-state index contributed by atoms with van der Waals surface area (Å²) >= 11 is 1.56. The fraction of sp³-hybridized carbons (Fsp3) is 0.360. The van der Waals surface area contributed by atoms with Gasteiger partial charge in [0.1, 0.15) is 12.4 Å². The second-order valence-corrected chi connectivity index (χ2v) is 9.79. The maximum atomic E-state index is 13.3. The average molecular weight is 493 g/mol. The van der Waals surface area contributed by atoms with E-state index >= 15 is 0 Å². The number of nitrogens with one attached hydrogen (secondary N) is 1. The third-order valence-corrected chi connectivity index (χ3v) is 7.57.